The first-order valence-corrected chi connectivity index (χ1v) is 6.92. The number of hydrogen-bond donors (Lipinski definition) is 0. The summed E-state index contributed by atoms with van der Waals surface area (Å²) >= 11 is 1.54. The first kappa shape index (κ1) is 11.5. The van der Waals surface area contributed by atoms with Gasteiger partial charge in [-0.2, -0.15) is 0 Å². The van der Waals surface area contributed by atoms with Gasteiger partial charge in [-0.15, -0.1) is 11.8 Å². The number of benzene rings is 1. The average molecular weight is 261 g/mol. The minimum atomic E-state index is -0.201. The molecular weight excluding hydrogens is 249 g/mol. The number of rotatable bonds is 2. The first-order valence-electron chi connectivity index (χ1n) is 5.69. The van der Waals surface area contributed by atoms with Crippen LogP contribution in [0, 0.1) is 5.82 Å². The van der Waals surface area contributed by atoms with Crippen molar-refractivity contribution in [3.63, 3.8) is 0 Å². The van der Waals surface area contributed by atoms with Crippen LogP contribution in [0.4, 0.5) is 15.9 Å². The Morgan fingerprint density at radius 2 is 2.28 bits per heavy atom. The van der Waals surface area contributed by atoms with Crippen LogP contribution in [0.1, 0.15) is 5.56 Å². The highest BCUT2D eigenvalue weighted by atomic mass is 32.2. The highest BCUT2D eigenvalue weighted by molar-refractivity contribution is 7.98. The van der Waals surface area contributed by atoms with Gasteiger partial charge in [0.15, 0.2) is 0 Å². The monoisotopic (exact) mass is 261 g/mol. The second-order valence-corrected chi connectivity index (χ2v) is 4.97. The van der Waals surface area contributed by atoms with Crippen molar-refractivity contribution in [3.8, 4) is 0 Å². The van der Waals surface area contributed by atoms with E-state index >= 15 is 0 Å². The Kier molecular flexibility index (Phi) is 2.91. The molecule has 5 heteroatoms. The minimum Gasteiger partial charge on any atom is -0.323 e. The number of hydrogen-bond acceptors (Lipinski definition) is 4. The van der Waals surface area contributed by atoms with Crippen LogP contribution in [0.25, 0.3) is 0 Å². The van der Waals surface area contributed by atoms with Crippen molar-refractivity contribution in [1.29, 1.82) is 0 Å². The molecule has 92 valence electrons. The molecule has 18 heavy (non-hydrogen) atoms. The first-order chi connectivity index (χ1) is 8.79. The molecule has 1 aromatic carbocycles. The number of fused-ring (bicyclic) bond motifs is 1. The van der Waals surface area contributed by atoms with Crippen molar-refractivity contribution in [2.45, 2.75) is 11.3 Å². The zero-order valence-electron chi connectivity index (χ0n) is 9.93. The Labute approximate surface area is 109 Å². The molecule has 0 amide bonds. The molecule has 2 heterocycles. The SMILES string of the molecule is CSc1ccc(N2CCc3cncnc32)c(F)c1. The Morgan fingerprint density at radius 3 is 3.06 bits per heavy atom. The third-order valence-electron chi connectivity index (χ3n) is 3.07. The van der Waals surface area contributed by atoms with Crippen LogP contribution in [0.3, 0.4) is 0 Å². The molecule has 0 radical (unpaired) electrons. The van der Waals surface area contributed by atoms with Crippen LogP contribution in [0.15, 0.2) is 35.6 Å². The maximum atomic E-state index is 14.1. The van der Waals surface area contributed by atoms with E-state index in [2.05, 4.69) is 9.97 Å². The van der Waals surface area contributed by atoms with E-state index in [1.54, 1.807) is 12.3 Å². The molecule has 1 aliphatic rings. The maximum Gasteiger partial charge on any atom is 0.147 e. The predicted molar refractivity (Wildman–Crippen MR) is 70.9 cm³/mol. The van der Waals surface area contributed by atoms with Gasteiger partial charge in [-0.1, -0.05) is 0 Å². The van der Waals surface area contributed by atoms with Crippen LogP contribution < -0.4 is 4.90 Å². The number of anilines is 2. The van der Waals surface area contributed by atoms with Crippen molar-refractivity contribution < 1.29 is 4.39 Å². The summed E-state index contributed by atoms with van der Waals surface area (Å²) < 4.78 is 14.1. The summed E-state index contributed by atoms with van der Waals surface area (Å²) in [5.74, 6) is 0.620. The van der Waals surface area contributed by atoms with Crippen LogP contribution in [0.5, 0.6) is 0 Å². The standard InChI is InChI=1S/C13H12FN3S/c1-18-10-2-3-12(11(14)6-10)17-5-4-9-7-15-8-16-13(9)17/h2-3,6-8H,4-5H2,1H3. The zero-order valence-corrected chi connectivity index (χ0v) is 10.7. The van der Waals surface area contributed by atoms with E-state index in [9.17, 15) is 4.39 Å². The lowest BCUT2D eigenvalue weighted by Crippen LogP contribution is -2.15. The second-order valence-electron chi connectivity index (χ2n) is 4.09. The zero-order chi connectivity index (χ0) is 12.5. The van der Waals surface area contributed by atoms with Gasteiger partial charge in [0.25, 0.3) is 0 Å². The van der Waals surface area contributed by atoms with Crippen molar-refractivity contribution >= 4 is 23.3 Å². The summed E-state index contributed by atoms with van der Waals surface area (Å²) in [6, 6.07) is 5.32. The van der Waals surface area contributed by atoms with Crippen molar-refractivity contribution in [2.24, 2.45) is 0 Å². The Bertz CT molecular complexity index is 588. The van der Waals surface area contributed by atoms with Gasteiger partial charge in [-0.25, -0.2) is 14.4 Å². The van der Waals surface area contributed by atoms with E-state index in [0.717, 1.165) is 29.2 Å². The minimum absolute atomic E-state index is 0.201. The van der Waals surface area contributed by atoms with Crippen molar-refractivity contribution in [3.05, 3.63) is 42.1 Å². The summed E-state index contributed by atoms with van der Waals surface area (Å²) in [6.07, 6.45) is 6.11. The summed E-state index contributed by atoms with van der Waals surface area (Å²) in [4.78, 5) is 11.1. The third-order valence-corrected chi connectivity index (χ3v) is 3.80. The van der Waals surface area contributed by atoms with E-state index in [0.29, 0.717) is 5.69 Å². The van der Waals surface area contributed by atoms with Crippen LogP contribution in [0.2, 0.25) is 0 Å². The average Bonchev–Trinajstić information content (AvgIpc) is 2.82. The van der Waals surface area contributed by atoms with Crippen LogP contribution in [-0.2, 0) is 6.42 Å². The van der Waals surface area contributed by atoms with E-state index in [1.807, 2.05) is 23.3 Å². The topological polar surface area (TPSA) is 29.0 Å². The van der Waals surface area contributed by atoms with Gasteiger partial charge >= 0.3 is 0 Å². The molecule has 0 atom stereocenters. The Hall–Kier alpha value is -1.62. The second kappa shape index (κ2) is 4.57. The largest absolute Gasteiger partial charge is 0.323 e. The number of aromatic nitrogens is 2. The Morgan fingerprint density at radius 1 is 1.39 bits per heavy atom. The van der Waals surface area contributed by atoms with Gasteiger partial charge in [0.2, 0.25) is 0 Å². The van der Waals surface area contributed by atoms with Gasteiger partial charge in [0, 0.05) is 23.2 Å². The van der Waals surface area contributed by atoms with Gasteiger partial charge < -0.3 is 4.90 Å². The molecule has 1 aromatic heterocycles. The third kappa shape index (κ3) is 1.84. The van der Waals surface area contributed by atoms with E-state index < -0.39 is 0 Å². The molecular formula is C13H12FN3S. The normalized spacial score (nSPS) is 13.8. The number of thioether (sulfide) groups is 1. The lowest BCUT2D eigenvalue weighted by atomic mass is 10.3. The molecule has 3 nitrogen and oxygen atoms in total. The van der Waals surface area contributed by atoms with Gasteiger partial charge in [0.05, 0.1) is 5.69 Å². The van der Waals surface area contributed by atoms with Crippen LogP contribution >= 0.6 is 11.8 Å². The lowest BCUT2D eigenvalue weighted by Gasteiger charge is -2.19. The molecule has 0 unspecified atom stereocenters. The fraction of sp³-hybridized carbons (Fsp3) is 0.231. The maximum absolute atomic E-state index is 14.1. The van der Waals surface area contributed by atoms with E-state index in [1.165, 1.54) is 18.1 Å². The molecule has 0 saturated heterocycles. The quantitative estimate of drug-likeness (QED) is 0.777. The summed E-state index contributed by atoms with van der Waals surface area (Å²) in [7, 11) is 0. The molecule has 1 aliphatic heterocycles. The number of nitrogens with zero attached hydrogens (tertiary/aromatic N) is 3. The smallest absolute Gasteiger partial charge is 0.147 e. The molecule has 0 fully saturated rings. The molecule has 0 N–H and O–H groups in total. The van der Waals surface area contributed by atoms with Gasteiger partial charge in [-0.05, 0) is 30.9 Å². The number of halogens is 1. The summed E-state index contributed by atoms with van der Waals surface area (Å²) in [5.41, 5.74) is 1.66. The Balaban J connectivity index is 2.02. The molecule has 2 aromatic rings. The lowest BCUT2D eigenvalue weighted by molar-refractivity contribution is 0.622. The van der Waals surface area contributed by atoms with Crippen LogP contribution in [-0.4, -0.2) is 22.8 Å². The summed E-state index contributed by atoms with van der Waals surface area (Å²) in [5, 5.41) is 0. The van der Waals surface area contributed by atoms with E-state index in [-0.39, 0.29) is 5.82 Å². The van der Waals surface area contributed by atoms with Gasteiger partial charge in [-0.3, -0.25) is 0 Å². The molecule has 0 saturated carbocycles. The summed E-state index contributed by atoms with van der Waals surface area (Å²) in [6.45, 7) is 0.754. The van der Waals surface area contributed by atoms with E-state index in [4.69, 9.17) is 0 Å². The molecule has 0 spiro atoms. The highest BCUT2D eigenvalue weighted by Gasteiger charge is 2.24. The fourth-order valence-corrected chi connectivity index (χ4v) is 2.60. The fourth-order valence-electron chi connectivity index (χ4n) is 2.18. The van der Waals surface area contributed by atoms with Crippen molar-refractivity contribution in [1.82, 2.24) is 9.97 Å². The predicted octanol–water partition coefficient (Wildman–Crippen LogP) is 3.03. The molecule has 0 aliphatic carbocycles. The highest BCUT2D eigenvalue weighted by Crippen LogP contribution is 2.34. The molecule has 3 rings (SSSR count). The van der Waals surface area contributed by atoms with Crippen molar-refractivity contribution in [2.75, 3.05) is 17.7 Å². The van der Waals surface area contributed by atoms with Gasteiger partial charge in [0.1, 0.15) is 18.0 Å². The molecule has 0 bridgehead atoms.